The first-order chi connectivity index (χ1) is 16.9. The van der Waals surface area contributed by atoms with Gasteiger partial charge >= 0.3 is 0 Å². The summed E-state index contributed by atoms with van der Waals surface area (Å²) in [6.07, 6.45) is 1.11. The summed E-state index contributed by atoms with van der Waals surface area (Å²) in [4.78, 5) is 30.6. The molecule has 1 saturated heterocycles. The first kappa shape index (κ1) is 27.3. The molecule has 9 heteroatoms. The number of para-hydroxylation sites is 1. The van der Waals surface area contributed by atoms with E-state index in [1.807, 2.05) is 24.3 Å². The van der Waals surface area contributed by atoms with Crippen LogP contribution < -0.4 is 20.3 Å². The third-order valence-electron chi connectivity index (χ3n) is 6.04. The van der Waals surface area contributed by atoms with Crippen LogP contribution in [-0.4, -0.2) is 57.1 Å². The summed E-state index contributed by atoms with van der Waals surface area (Å²) in [5, 5.41) is 6.08. The molecule has 2 N–H and O–H groups in total. The van der Waals surface area contributed by atoms with E-state index in [0.717, 1.165) is 38.3 Å². The fraction of sp³-hybridized carbons (Fsp3) is 0.259. The number of halogens is 2. The van der Waals surface area contributed by atoms with Crippen molar-refractivity contribution in [3.05, 3.63) is 82.9 Å². The van der Waals surface area contributed by atoms with Crippen LogP contribution in [0.15, 0.2) is 66.7 Å². The van der Waals surface area contributed by atoms with Crippen LogP contribution in [0.4, 0.5) is 17.1 Å². The van der Waals surface area contributed by atoms with Gasteiger partial charge in [0.25, 0.3) is 11.8 Å². The highest BCUT2D eigenvalue weighted by Gasteiger charge is 2.16. The van der Waals surface area contributed by atoms with Crippen molar-refractivity contribution in [1.29, 1.82) is 0 Å². The minimum absolute atomic E-state index is 0. The molecule has 0 unspecified atom stereocenters. The minimum atomic E-state index is -0.358. The Balaban J connectivity index is 0.00000361. The summed E-state index contributed by atoms with van der Waals surface area (Å²) in [5.41, 5.74) is 2.93. The Labute approximate surface area is 222 Å². The number of nitrogens with zero attached hydrogens (tertiary/aromatic N) is 2. The summed E-state index contributed by atoms with van der Waals surface area (Å²) >= 11 is 6.16. The molecule has 1 fully saturated rings. The van der Waals surface area contributed by atoms with Crippen molar-refractivity contribution in [2.45, 2.75) is 6.42 Å². The summed E-state index contributed by atoms with van der Waals surface area (Å²) in [6.45, 7) is 4.07. The lowest BCUT2D eigenvalue weighted by molar-refractivity contribution is 0.102. The number of methoxy groups -OCH3 is 1. The van der Waals surface area contributed by atoms with E-state index < -0.39 is 0 Å². The molecule has 7 nitrogen and oxygen atoms in total. The molecular weight excluding hydrogens is 499 g/mol. The number of likely N-dealkylation sites (N-methyl/N-ethyl adjacent to an activating group) is 1. The smallest absolute Gasteiger partial charge is 0.257 e. The number of hydrogen-bond donors (Lipinski definition) is 2. The molecule has 0 radical (unpaired) electrons. The van der Waals surface area contributed by atoms with Gasteiger partial charge < -0.3 is 25.2 Å². The summed E-state index contributed by atoms with van der Waals surface area (Å²) in [7, 11) is 3.67. The second-order valence-corrected chi connectivity index (χ2v) is 8.90. The summed E-state index contributed by atoms with van der Waals surface area (Å²) < 4.78 is 5.15. The highest BCUT2D eigenvalue weighted by Crippen LogP contribution is 2.28. The number of benzene rings is 3. The summed E-state index contributed by atoms with van der Waals surface area (Å²) in [5.74, 6) is -0.116. The van der Waals surface area contributed by atoms with Crippen molar-refractivity contribution in [3.63, 3.8) is 0 Å². The Morgan fingerprint density at radius 3 is 2.36 bits per heavy atom. The Kier molecular flexibility index (Phi) is 9.58. The molecule has 3 aromatic carbocycles. The van der Waals surface area contributed by atoms with E-state index in [1.54, 1.807) is 42.5 Å². The highest BCUT2D eigenvalue weighted by atomic mass is 35.5. The van der Waals surface area contributed by atoms with Gasteiger partial charge in [-0.2, -0.15) is 0 Å². The molecule has 1 aliphatic rings. The maximum absolute atomic E-state index is 13.0. The van der Waals surface area contributed by atoms with Gasteiger partial charge in [-0.25, -0.2) is 0 Å². The van der Waals surface area contributed by atoms with E-state index in [2.05, 4.69) is 27.5 Å². The number of hydrogen-bond acceptors (Lipinski definition) is 5. The Morgan fingerprint density at radius 2 is 1.64 bits per heavy atom. The topological polar surface area (TPSA) is 73.9 Å². The van der Waals surface area contributed by atoms with Crippen molar-refractivity contribution in [1.82, 2.24) is 4.90 Å². The lowest BCUT2D eigenvalue weighted by Gasteiger charge is -2.23. The second kappa shape index (κ2) is 12.6. The van der Waals surface area contributed by atoms with E-state index in [1.165, 1.54) is 7.11 Å². The minimum Gasteiger partial charge on any atom is -0.495 e. The maximum atomic E-state index is 13.0. The van der Waals surface area contributed by atoms with Crippen molar-refractivity contribution in [3.8, 4) is 5.75 Å². The zero-order valence-corrected chi connectivity index (χ0v) is 21.9. The predicted octanol–water partition coefficient (Wildman–Crippen LogP) is 5.42. The largest absolute Gasteiger partial charge is 0.495 e. The third kappa shape index (κ3) is 6.69. The van der Waals surface area contributed by atoms with E-state index in [-0.39, 0.29) is 24.2 Å². The average Bonchev–Trinajstić information content (AvgIpc) is 3.09. The maximum Gasteiger partial charge on any atom is 0.257 e. The lowest BCUT2D eigenvalue weighted by Crippen LogP contribution is -2.28. The molecule has 0 bridgehead atoms. The molecule has 1 heterocycles. The number of rotatable bonds is 6. The fourth-order valence-electron chi connectivity index (χ4n) is 4.06. The van der Waals surface area contributed by atoms with Gasteiger partial charge in [-0.3, -0.25) is 9.59 Å². The van der Waals surface area contributed by atoms with E-state index in [0.29, 0.717) is 33.3 Å². The average molecular weight is 529 g/mol. The fourth-order valence-corrected chi connectivity index (χ4v) is 4.31. The standard InChI is InChI=1S/C27H29ClN4O3.ClH/c1-31-14-5-15-32(17-16-31)21-11-8-19(9-12-21)26(33)30-24-7-4-3-6-22(24)27(34)29-20-10-13-25(35-2)23(28)18-20;/h3-4,6-13,18H,5,14-17H2,1-2H3,(H,29,34)(H,30,33);1H. The van der Waals surface area contributed by atoms with Gasteiger partial charge in [0.1, 0.15) is 5.75 Å². The second-order valence-electron chi connectivity index (χ2n) is 8.49. The van der Waals surface area contributed by atoms with Crippen LogP contribution in [0.5, 0.6) is 5.75 Å². The predicted molar refractivity (Wildman–Crippen MR) is 148 cm³/mol. The van der Waals surface area contributed by atoms with Crippen molar-refractivity contribution < 1.29 is 14.3 Å². The zero-order valence-electron chi connectivity index (χ0n) is 20.3. The van der Waals surface area contributed by atoms with Crippen LogP contribution in [0, 0.1) is 0 Å². The quantitative estimate of drug-likeness (QED) is 0.447. The normalized spacial score (nSPS) is 13.8. The highest BCUT2D eigenvalue weighted by molar-refractivity contribution is 6.32. The lowest BCUT2D eigenvalue weighted by atomic mass is 10.1. The monoisotopic (exact) mass is 528 g/mol. The third-order valence-corrected chi connectivity index (χ3v) is 6.34. The van der Waals surface area contributed by atoms with E-state index >= 15 is 0 Å². The molecule has 0 aliphatic carbocycles. The molecule has 36 heavy (non-hydrogen) atoms. The van der Waals surface area contributed by atoms with Crippen LogP contribution in [-0.2, 0) is 0 Å². The van der Waals surface area contributed by atoms with Crippen LogP contribution in [0.25, 0.3) is 0 Å². The Bertz CT molecular complexity index is 1200. The number of nitrogens with one attached hydrogen (secondary N) is 2. The van der Waals surface area contributed by atoms with Gasteiger partial charge in [-0.05, 0) is 74.6 Å². The van der Waals surface area contributed by atoms with Crippen LogP contribution in [0.3, 0.4) is 0 Å². The first-order valence-electron chi connectivity index (χ1n) is 11.5. The van der Waals surface area contributed by atoms with Gasteiger partial charge in [0.05, 0.1) is 23.4 Å². The molecule has 0 aromatic heterocycles. The van der Waals surface area contributed by atoms with Crippen molar-refractivity contribution >= 4 is 52.9 Å². The molecule has 0 spiro atoms. The number of carbonyl (C=O) groups excluding carboxylic acids is 2. The number of ether oxygens (including phenoxy) is 1. The van der Waals surface area contributed by atoms with Gasteiger partial charge in [0, 0.05) is 36.6 Å². The van der Waals surface area contributed by atoms with Gasteiger partial charge in [-0.1, -0.05) is 23.7 Å². The first-order valence-corrected chi connectivity index (χ1v) is 11.9. The van der Waals surface area contributed by atoms with Crippen LogP contribution in [0.2, 0.25) is 5.02 Å². The van der Waals surface area contributed by atoms with Gasteiger partial charge in [0.15, 0.2) is 0 Å². The Hall–Kier alpha value is -3.26. The zero-order chi connectivity index (χ0) is 24.8. The van der Waals surface area contributed by atoms with Gasteiger partial charge in [-0.15, -0.1) is 12.4 Å². The molecule has 4 rings (SSSR count). The van der Waals surface area contributed by atoms with Crippen LogP contribution in [0.1, 0.15) is 27.1 Å². The van der Waals surface area contributed by atoms with E-state index in [4.69, 9.17) is 16.3 Å². The molecular formula is C27H30Cl2N4O3. The number of amides is 2. The molecule has 0 saturated carbocycles. The van der Waals surface area contributed by atoms with Crippen LogP contribution >= 0.6 is 24.0 Å². The van der Waals surface area contributed by atoms with E-state index in [9.17, 15) is 9.59 Å². The van der Waals surface area contributed by atoms with Crippen molar-refractivity contribution in [2.75, 3.05) is 55.9 Å². The molecule has 2 amide bonds. The number of carbonyl (C=O) groups is 2. The SMILES string of the molecule is COc1ccc(NC(=O)c2ccccc2NC(=O)c2ccc(N3CCCN(C)CC3)cc2)cc1Cl.Cl. The molecule has 1 aliphatic heterocycles. The molecule has 3 aromatic rings. The molecule has 0 atom stereocenters. The van der Waals surface area contributed by atoms with Gasteiger partial charge in [0.2, 0.25) is 0 Å². The summed E-state index contributed by atoms with van der Waals surface area (Å²) in [6, 6.07) is 19.5. The van der Waals surface area contributed by atoms with Crippen molar-refractivity contribution in [2.24, 2.45) is 0 Å². The number of anilines is 3. The Morgan fingerprint density at radius 1 is 0.889 bits per heavy atom. The molecule has 190 valence electrons.